The molecule has 142 valence electrons. The van der Waals surface area contributed by atoms with Crippen molar-refractivity contribution in [3.63, 3.8) is 0 Å². The Kier molecular flexibility index (Phi) is 7.78. The van der Waals surface area contributed by atoms with Crippen molar-refractivity contribution in [2.24, 2.45) is 0 Å². The minimum absolute atomic E-state index is 0.306. The summed E-state index contributed by atoms with van der Waals surface area (Å²) in [6.07, 6.45) is -5.60. The Hall–Kier alpha value is -2.20. The van der Waals surface area contributed by atoms with Gasteiger partial charge in [-0.1, -0.05) is 0 Å². The van der Waals surface area contributed by atoms with E-state index in [1.165, 1.54) is 14.0 Å². The highest BCUT2D eigenvalue weighted by atomic mass is 16.7. The molecule has 0 amide bonds. The van der Waals surface area contributed by atoms with Gasteiger partial charge >= 0.3 is 23.9 Å². The van der Waals surface area contributed by atoms with Crippen LogP contribution in [0.2, 0.25) is 0 Å². The average molecular weight is 362 g/mol. The van der Waals surface area contributed by atoms with Gasteiger partial charge in [-0.15, -0.1) is 0 Å². The normalized spacial score (nSPS) is 28.6. The lowest BCUT2D eigenvalue weighted by Gasteiger charge is -2.43. The lowest BCUT2D eigenvalue weighted by molar-refractivity contribution is -0.301. The second-order valence-corrected chi connectivity index (χ2v) is 5.30. The third-order valence-corrected chi connectivity index (χ3v) is 3.20. The SMILES string of the molecule is CO[C@H]1[C@@H](OC(C)=O)O[C@H](COC(C)=O)[C@@H](OC(C)=O)[C@@H]1OC(C)=O. The van der Waals surface area contributed by atoms with Gasteiger partial charge in [0.25, 0.3) is 0 Å². The van der Waals surface area contributed by atoms with Crippen LogP contribution in [-0.2, 0) is 47.6 Å². The van der Waals surface area contributed by atoms with Crippen LogP contribution >= 0.6 is 0 Å². The van der Waals surface area contributed by atoms with E-state index < -0.39 is 54.6 Å². The molecule has 1 rings (SSSR count). The summed E-state index contributed by atoms with van der Waals surface area (Å²) in [6, 6.07) is 0. The molecular weight excluding hydrogens is 340 g/mol. The van der Waals surface area contributed by atoms with Gasteiger partial charge in [0.05, 0.1) is 0 Å². The van der Waals surface area contributed by atoms with Gasteiger partial charge in [-0.25, -0.2) is 0 Å². The molecule has 0 aliphatic carbocycles. The Morgan fingerprint density at radius 1 is 0.760 bits per heavy atom. The Labute approximate surface area is 144 Å². The first-order chi connectivity index (χ1) is 11.6. The van der Waals surface area contributed by atoms with E-state index in [-0.39, 0.29) is 6.61 Å². The van der Waals surface area contributed by atoms with Crippen LogP contribution in [-0.4, -0.2) is 68.3 Å². The average Bonchev–Trinajstić information content (AvgIpc) is 2.46. The molecule has 1 fully saturated rings. The molecule has 1 aliphatic heterocycles. The Morgan fingerprint density at radius 2 is 1.28 bits per heavy atom. The zero-order valence-corrected chi connectivity index (χ0v) is 14.7. The number of carbonyl (C=O) groups excluding carboxylic acids is 4. The van der Waals surface area contributed by atoms with Crippen molar-refractivity contribution in [2.45, 2.75) is 58.4 Å². The smallest absolute Gasteiger partial charge is 0.305 e. The Morgan fingerprint density at radius 3 is 1.72 bits per heavy atom. The van der Waals surface area contributed by atoms with Crippen LogP contribution in [0.1, 0.15) is 27.7 Å². The van der Waals surface area contributed by atoms with Gasteiger partial charge in [0, 0.05) is 34.8 Å². The monoisotopic (exact) mass is 362 g/mol. The maximum atomic E-state index is 11.5. The van der Waals surface area contributed by atoms with E-state index in [0.29, 0.717) is 0 Å². The predicted molar refractivity (Wildman–Crippen MR) is 79.0 cm³/mol. The van der Waals surface area contributed by atoms with Gasteiger partial charge in [-0.05, 0) is 0 Å². The first-order valence-corrected chi connectivity index (χ1v) is 7.49. The lowest BCUT2D eigenvalue weighted by atomic mass is 9.98. The fourth-order valence-corrected chi connectivity index (χ4v) is 2.38. The molecular formula is C15H22O10. The van der Waals surface area contributed by atoms with E-state index >= 15 is 0 Å². The molecule has 0 saturated carbocycles. The zero-order valence-electron chi connectivity index (χ0n) is 14.7. The summed E-state index contributed by atoms with van der Waals surface area (Å²) in [4.78, 5) is 45.3. The van der Waals surface area contributed by atoms with Crippen molar-refractivity contribution in [2.75, 3.05) is 13.7 Å². The van der Waals surface area contributed by atoms with E-state index in [0.717, 1.165) is 20.8 Å². The second kappa shape index (κ2) is 9.33. The van der Waals surface area contributed by atoms with Crippen LogP contribution in [0, 0.1) is 0 Å². The summed E-state index contributed by atoms with van der Waals surface area (Å²) in [5.74, 6) is -2.59. The number of esters is 4. The predicted octanol–water partition coefficient (Wildman–Crippen LogP) is -0.284. The van der Waals surface area contributed by atoms with Crippen molar-refractivity contribution in [1.29, 1.82) is 0 Å². The fraction of sp³-hybridized carbons (Fsp3) is 0.733. The molecule has 1 aliphatic rings. The molecule has 0 unspecified atom stereocenters. The highest BCUT2D eigenvalue weighted by Crippen LogP contribution is 2.29. The molecule has 10 nitrogen and oxygen atoms in total. The minimum Gasteiger partial charge on any atom is -0.463 e. The standard InChI is InChI=1S/C15H22O10/c1-7(16)21-6-11-12(22-8(2)17)13(23-9(3)18)14(20-5)15(25-11)24-10(4)19/h11-15H,6H2,1-5H3/t11-,12-,13+,14-,15+/m1/s1. The van der Waals surface area contributed by atoms with Crippen molar-refractivity contribution in [3.8, 4) is 0 Å². The first-order valence-electron chi connectivity index (χ1n) is 7.49. The van der Waals surface area contributed by atoms with Gasteiger partial charge in [0.15, 0.2) is 18.3 Å². The molecule has 0 spiro atoms. The molecule has 0 bridgehead atoms. The van der Waals surface area contributed by atoms with Gasteiger partial charge in [-0.3, -0.25) is 19.2 Å². The summed E-state index contributed by atoms with van der Waals surface area (Å²) in [5.41, 5.74) is 0. The van der Waals surface area contributed by atoms with Crippen LogP contribution in [0.4, 0.5) is 0 Å². The molecule has 1 saturated heterocycles. The van der Waals surface area contributed by atoms with Crippen LogP contribution in [0.25, 0.3) is 0 Å². The molecule has 0 radical (unpaired) electrons. The van der Waals surface area contributed by atoms with Crippen LogP contribution in [0.3, 0.4) is 0 Å². The highest BCUT2D eigenvalue weighted by Gasteiger charge is 2.52. The summed E-state index contributed by atoms with van der Waals surface area (Å²) >= 11 is 0. The van der Waals surface area contributed by atoms with Crippen LogP contribution in [0.15, 0.2) is 0 Å². The molecule has 0 aromatic heterocycles. The van der Waals surface area contributed by atoms with Gasteiger partial charge in [0.2, 0.25) is 6.29 Å². The number of hydrogen-bond donors (Lipinski definition) is 0. The van der Waals surface area contributed by atoms with E-state index in [1.807, 2.05) is 0 Å². The zero-order chi connectivity index (χ0) is 19.1. The molecule has 0 aromatic carbocycles. The van der Waals surface area contributed by atoms with Gasteiger partial charge in [0.1, 0.15) is 12.7 Å². The lowest BCUT2D eigenvalue weighted by Crippen LogP contribution is -2.62. The van der Waals surface area contributed by atoms with E-state index in [1.54, 1.807) is 0 Å². The van der Waals surface area contributed by atoms with Crippen molar-refractivity contribution in [3.05, 3.63) is 0 Å². The number of carbonyl (C=O) groups is 4. The second-order valence-electron chi connectivity index (χ2n) is 5.30. The van der Waals surface area contributed by atoms with Crippen LogP contribution < -0.4 is 0 Å². The maximum Gasteiger partial charge on any atom is 0.305 e. The summed E-state index contributed by atoms with van der Waals surface area (Å²) in [7, 11) is 1.29. The van der Waals surface area contributed by atoms with E-state index in [4.69, 9.17) is 28.4 Å². The fourth-order valence-electron chi connectivity index (χ4n) is 2.38. The van der Waals surface area contributed by atoms with Crippen molar-refractivity contribution in [1.82, 2.24) is 0 Å². The summed E-state index contributed by atoms with van der Waals surface area (Å²) in [6.45, 7) is 4.37. The number of ether oxygens (including phenoxy) is 6. The Bertz CT molecular complexity index is 516. The van der Waals surface area contributed by atoms with Gasteiger partial charge < -0.3 is 28.4 Å². The van der Waals surface area contributed by atoms with Crippen molar-refractivity contribution >= 4 is 23.9 Å². The number of rotatable bonds is 6. The first kappa shape index (κ1) is 20.8. The largest absolute Gasteiger partial charge is 0.463 e. The van der Waals surface area contributed by atoms with E-state index in [2.05, 4.69) is 0 Å². The van der Waals surface area contributed by atoms with Crippen molar-refractivity contribution < 1.29 is 47.6 Å². The van der Waals surface area contributed by atoms with Crippen LogP contribution in [0.5, 0.6) is 0 Å². The quantitative estimate of drug-likeness (QED) is 0.460. The van der Waals surface area contributed by atoms with E-state index in [9.17, 15) is 19.2 Å². The molecule has 10 heteroatoms. The number of methoxy groups -OCH3 is 1. The summed E-state index contributed by atoms with van der Waals surface area (Å²) < 4.78 is 31.1. The molecule has 5 atom stereocenters. The maximum absolute atomic E-state index is 11.5. The summed E-state index contributed by atoms with van der Waals surface area (Å²) in [5, 5.41) is 0. The molecule has 25 heavy (non-hydrogen) atoms. The van der Waals surface area contributed by atoms with Gasteiger partial charge in [-0.2, -0.15) is 0 Å². The third kappa shape index (κ3) is 6.31. The Balaban J connectivity index is 3.16. The topological polar surface area (TPSA) is 124 Å². The molecule has 0 aromatic rings. The highest BCUT2D eigenvalue weighted by molar-refractivity contribution is 5.68. The minimum atomic E-state index is -1.25. The number of hydrogen-bond acceptors (Lipinski definition) is 10. The third-order valence-electron chi connectivity index (χ3n) is 3.20. The molecule has 1 heterocycles. The molecule has 0 N–H and O–H groups in total.